The van der Waals surface area contributed by atoms with Gasteiger partial charge in [0.2, 0.25) is 0 Å². The number of benzene rings is 1. The third-order valence-electron chi connectivity index (χ3n) is 3.95. The molecule has 21 heavy (non-hydrogen) atoms. The summed E-state index contributed by atoms with van der Waals surface area (Å²) < 4.78 is 12.8. The molecule has 5 heteroatoms. The highest BCUT2D eigenvalue weighted by molar-refractivity contribution is 14.0. The molecular weight excluding hydrogens is 380 g/mol. The predicted octanol–water partition coefficient (Wildman–Crippen LogP) is 3.69. The zero-order valence-corrected chi connectivity index (χ0v) is 15.1. The van der Waals surface area contributed by atoms with E-state index in [1.165, 1.54) is 37.8 Å². The van der Waals surface area contributed by atoms with Gasteiger partial charge in [0.25, 0.3) is 0 Å². The summed E-state index contributed by atoms with van der Waals surface area (Å²) >= 11 is 0. The molecule has 1 aromatic rings. The van der Waals surface area contributed by atoms with E-state index in [4.69, 9.17) is 0 Å². The molecule has 0 aromatic heterocycles. The number of halogens is 2. The van der Waals surface area contributed by atoms with Gasteiger partial charge >= 0.3 is 0 Å². The molecule has 0 heterocycles. The molecule has 2 rings (SSSR count). The summed E-state index contributed by atoms with van der Waals surface area (Å²) in [7, 11) is 1.78. The maximum absolute atomic E-state index is 12.8. The normalized spacial score (nSPS) is 22.3. The van der Waals surface area contributed by atoms with Crippen LogP contribution in [-0.4, -0.2) is 19.0 Å². The Bertz CT molecular complexity index is 439. The van der Waals surface area contributed by atoms with Crippen LogP contribution in [0.1, 0.15) is 38.2 Å². The minimum Gasteiger partial charge on any atom is -0.354 e. The summed E-state index contributed by atoms with van der Waals surface area (Å²) in [6.07, 6.45) is 4.98. The second-order valence-electron chi connectivity index (χ2n) is 5.65. The lowest BCUT2D eigenvalue weighted by atomic mass is 9.87. The van der Waals surface area contributed by atoms with Gasteiger partial charge in [0.05, 0.1) is 0 Å². The first-order valence-electron chi connectivity index (χ1n) is 7.39. The third-order valence-corrected chi connectivity index (χ3v) is 3.95. The SMILES string of the molecule is CN=C(NCc1ccc(F)cc1)NC1CCC(C)CC1.I. The van der Waals surface area contributed by atoms with Crippen LogP contribution >= 0.6 is 24.0 Å². The third kappa shape index (κ3) is 6.20. The molecule has 2 N–H and O–H groups in total. The second kappa shape index (κ2) is 9.23. The van der Waals surface area contributed by atoms with Crippen LogP contribution in [0.3, 0.4) is 0 Å². The molecule has 0 atom stereocenters. The molecule has 118 valence electrons. The van der Waals surface area contributed by atoms with E-state index in [-0.39, 0.29) is 29.8 Å². The average molecular weight is 405 g/mol. The highest BCUT2D eigenvalue weighted by atomic mass is 127. The highest BCUT2D eigenvalue weighted by Crippen LogP contribution is 2.23. The zero-order valence-electron chi connectivity index (χ0n) is 12.7. The highest BCUT2D eigenvalue weighted by Gasteiger charge is 2.18. The van der Waals surface area contributed by atoms with Crippen LogP contribution in [0.5, 0.6) is 0 Å². The van der Waals surface area contributed by atoms with Crippen molar-refractivity contribution in [3.8, 4) is 0 Å². The number of hydrogen-bond donors (Lipinski definition) is 2. The quantitative estimate of drug-likeness (QED) is 0.457. The lowest BCUT2D eigenvalue weighted by molar-refractivity contribution is 0.329. The maximum Gasteiger partial charge on any atom is 0.191 e. The summed E-state index contributed by atoms with van der Waals surface area (Å²) in [5.41, 5.74) is 1.05. The molecule has 0 amide bonds. The average Bonchev–Trinajstić information content (AvgIpc) is 2.47. The molecule has 1 fully saturated rings. The van der Waals surface area contributed by atoms with Gasteiger partial charge in [0.15, 0.2) is 5.96 Å². The molecule has 0 unspecified atom stereocenters. The van der Waals surface area contributed by atoms with Crippen molar-refractivity contribution >= 4 is 29.9 Å². The Kier molecular flexibility index (Phi) is 8.00. The molecule has 1 aromatic carbocycles. The van der Waals surface area contributed by atoms with Crippen LogP contribution in [0.2, 0.25) is 0 Å². The van der Waals surface area contributed by atoms with Crippen molar-refractivity contribution in [2.45, 2.75) is 45.2 Å². The lowest BCUT2D eigenvalue weighted by Crippen LogP contribution is -2.44. The maximum atomic E-state index is 12.8. The summed E-state index contributed by atoms with van der Waals surface area (Å²) in [4.78, 5) is 4.25. The Morgan fingerprint density at radius 2 is 1.81 bits per heavy atom. The standard InChI is InChI=1S/C16H24FN3.HI/c1-12-3-9-15(10-4-12)20-16(18-2)19-11-13-5-7-14(17)8-6-13;/h5-8,12,15H,3-4,9-11H2,1-2H3,(H2,18,19,20);1H. The van der Waals surface area contributed by atoms with E-state index in [9.17, 15) is 4.39 Å². The van der Waals surface area contributed by atoms with Crippen molar-refractivity contribution in [3.05, 3.63) is 35.6 Å². The second-order valence-corrected chi connectivity index (χ2v) is 5.65. The Hall–Kier alpha value is -0.850. The van der Waals surface area contributed by atoms with Gasteiger partial charge in [0, 0.05) is 19.6 Å². The molecule has 1 aliphatic carbocycles. The smallest absolute Gasteiger partial charge is 0.191 e. The molecule has 1 aliphatic rings. The van der Waals surface area contributed by atoms with Crippen LogP contribution in [0.25, 0.3) is 0 Å². The lowest BCUT2D eigenvalue weighted by Gasteiger charge is -2.28. The molecule has 0 aliphatic heterocycles. The minimum absolute atomic E-state index is 0. The van der Waals surface area contributed by atoms with Gasteiger partial charge in [-0.2, -0.15) is 0 Å². The van der Waals surface area contributed by atoms with Crippen molar-refractivity contribution < 1.29 is 4.39 Å². The Morgan fingerprint density at radius 3 is 2.38 bits per heavy atom. The summed E-state index contributed by atoms with van der Waals surface area (Å²) in [6.45, 7) is 2.97. The summed E-state index contributed by atoms with van der Waals surface area (Å²) in [5.74, 6) is 1.48. The van der Waals surface area contributed by atoms with Gasteiger partial charge in [-0.15, -0.1) is 24.0 Å². The van der Waals surface area contributed by atoms with Crippen molar-refractivity contribution in [2.24, 2.45) is 10.9 Å². The number of nitrogens with zero attached hydrogens (tertiary/aromatic N) is 1. The van der Waals surface area contributed by atoms with Gasteiger partial charge < -0.3 is 10.6 Å². The monoisotopic (exact) mass is 405 g/mol. The summed E-state index contributed by atoms with van der Waals surface area (Å²) in [5, 5.41) is 6.75. The fourth-order valence-electron chi connectivity index (χ4n) is 2.58. The number of nitrogens with one attached hydrogen (secondary N) is 2. The van der Waals surface area contributed by atoms with E-state index >= 15 is 0 Å². The molecule has 1 saturated carbocycles. The number of guanidine groups is 1. The molecule has 0 saturated heterocycles. The zero-order chi connectivity index (χ0) is 14.4. The van der Waals surface area contributed by atoms with E-state index in [1.807, 2.05) is 0 Å². The fraction of sp³-hybridized carbons (Fsp3) is 0.562. The minimum atomic E-state index is -0.201. The predicted molar refractivity (Wildman–Crippen MR) is 96.6 cm³/mol. The molecule has 0 radical (unpaired) electrons. The van der Waals surface area contributed by atoms with Crippen molar-refractivity contribution in [3.63, 3.8) is 0 Å². The van der Waals surface area contributed by atoms with Crippen LogP contribution in [0.15, 0.2) is 29.3 Å². The van der Waals surface area contributed by atoms with Crippen LogP contribution in [0, 0.1) is 11.7 Å². The van der Waals surface area contributed by atoms with Gasteiger partial charge in [-0.3, -0.25) is 4.99 Å². The van der Waals surface area contributed by atoms with E-state index in [2.05, 4.69) is 22.5 Å². The molecule has 0 bridgehead atoms. The first-order chi connectivity index (χ1) is 9.67. The summed E-state index contributed by atoms with van der Waals surface area (Å²) in [6, 6.07) is 7.06. The Labute approximate surface area is 143 Å². The Balaban J connectivity index is 0.00000220. The van der Waals surface area contributed by atoms with Gasteiger partial charge in [0.1, 0.15) is 5.82 Å². The molecule has 0 spiro atoms. The van der Waals surface area contributed by atoms with Gasteiger partial charge in [-0.25, -0.2) is 4.39 Å². The van der Waals surface area contributed by atoms with Crippen LogP contribution < -0.4 is 10.6 Å². The van der Waals surface area contributed by atoms with Crippen LogP contribution in [0.4, 0.5) is 4.39 Å². The fourth-order valence-corrected chi connectivity index (χ4v) is 2.58. The first-order valence-corrected chi connectivity index (χ1v) is 7.39. The van der Waals surface area contributed by atoms with Crippen molar-refractivity contribution in [1.82, 2.24) is 10.6 Å². The Morgan fingerprint density at radius 1 is 1.19 bits per heavy atom. The molecule has 3 nitrogen and oxygen atoms in total. The topological polar surface area (TPSA) is 36.4 Å². The van der Waals surface area contributed by atoms with E-state index in [0.717, 1.165) is 17.4 Å². The van der Waals surface area contributed by atoms with Gasteiger partial charge in [-0.1, -0.05) is 19.1 Å². The van der Waals surface area contributed by atoms with Crippen molar-refractivity contribution in [1.29, 1.82) is 0 Å². The number of rotatable bonds is 3. The largest absolute Gasteiger partial charge is 0.354 e. The first kappa shape index (κ1) is 18.2. The van der Waals surface area contributed by atoms with E-state index in [0.29, 0.717) is 12.6 Å². The van der Waals surface area contributed by atoms with Crippen LogP contribution in [-0.2, 0) is 6.54 Å². The number of hydrogen-bond acceptors (Lipinski definition) is 1. The van der Waals surface area contributed by atoms with E-state index in [1.54, 1.807) is 19.2 Å². The molecular formula is C16H25FIN3. The number of aliphatic imine (C=N–C) groups is 1. The van der Waals surface area contributed by atoms with Gasteiger partial charge in [-0.05, 0) is 49.3 Å². The van der Waals surface area contributed by atoms with Crippen molar-refractivity contribution in [2.75, 3.05) is 7.05 Å². The van der Waals surface area contributed by atoms with E-state index < -0.39 is 0 Å².